The largest absolute Gasteiger partial charge is 0.423 e. The zero-order chi connectivity index (χ0) is 22.9. The van der Waals surface area contributed by atoms with Crippen LogP contribution in [0.5, 0.6) is 0 Å². The molecule has 2 heterocycles. The van der Waals surface area contributed by atoms with Gasteiger partial charge in [0.1, 0.15) is 17.5 Å². The SMILES string of the molecule is CC[C@](O)(c1cn(Cc2ccc3c(-c4ccccc4)cc(C#N)nc3c2)nn1)C(F)(F)F. The van der Waals surface area contributed by atoms with Gasteiger partial charge in [0, 0.05) is 5.39 Å². The summed E-state index contributed by atoms with van der Waals surface area (Å²) in [7, 11) is 0. The zero-order valence-electron chi connectivity index (χ0n) is 17.0. The van der Waals surface area contributed by atoms with Gasteiger partial charge in [-0.3, -0.25) is 0 Å². The van der Waals surface area contributed by atoms with E-state index in [-0.39, 0.29) is 12.2 Å². The number of nitriles is 1. The summed E-state index contributed by atoms with van der Waals surface area (Å²) in [5.74, 6) is 0. The number of benzene rings is 2. The maximum atomic E-state index is 13.3. The van der Waals surface area contributed by atoms with Crippen LogP contribution in [0.1, 0.15) is 30.3 Å². The van der Waals surface area contributed by atoms with Gasteiger partial charge < -0.3 is 5.11 Å². The van der Waals surface area contributed by atoms with Crippen LogP contribution in [0.4, 0.5) is 13.2 Å². The molecule has 2 aromatic carbocycles. The molecule has 0 radical (unpaired) electrons. The van der Waals surface area contributed by atoms with E-state index >= 15 is 0 Å². The highest BCUT2D eigenvalue weighted by molar-refractivity contribution is 5.95. The number of pyridine rings is 1. The van der Waals surface area contributed by atoms with Crippen molar-refractivity contribution in [2.45, 2.75) is 31.7 Å². The van der Waals surface area contributed by atoms with E-state index in [0.717, 1.165) is 22.7 Å². The minimum Gasteiger partial charge on any atom is -0.375 e. The molecule has 0 amide bonds. The fraction of sp³-hybridized carbons (Fsp3) is 0.217. The van der Waals surface area contributed by atoms with Gasteiger partial charge in [0.2, 0.25) is 5.60 Å². The van der Waals surface area contributed by atoms with Gasteiger partial charge in [-0.2, -0.15) is 18.4 Å². The molecule has 0 unspecified atom stereocenters. The van der Waals surface area contributed by atoms with Crippen LogP contribution in [0.2, 0.25) is 0 Å². The molecule has 2 aromatic heterocycles. The van der Waals surface area contributed by atoms with Gasteiger partial charge in [-0.15, -0.1) is 5.10 Å². The maximum absolute atomic E-state index is 13.3. The summed E-state index contributed by atoms with van der Waals surface area (Å²) in [6, 6.07) is 18.8. The number of rotatable bonds is 5. The van der Waals surface area contributed by atoms with Crippen LogP contribution < -0.4 is 0 Å². The second-order valence-corrected chi connectivity index (χ2v) is 7.40. The molecule has 0 saturated carbocycles. The maximum Gasteiger partial charge on any atom is 0.423 e. The highest BCUT2D eigenvalue weighted by Gasteiger charge is 2.55. The number of alkyl halides is 3. The lowest BCUT2D eigenvalue weighted by molar-refractivity contribution is -0.269. The molecule has 6 nitrogen and oxygen atoms in total. The molecule has 1 atom stereocenters. The molecule has 0 spiro atoms. The van der Waals surface area contributed by atoms with E-state index in [1.165, 1.54) is 11.6 Å². The molecule has 32 heavy (non-hydrogen) atoms. The number of hydrogen-bond donors (Lipinski definition) is 1. The first-order valence-corrected chi connectivity index (χ1v) is 9.84. The lowest BCUT2D eigenvalue weighted by Gasteiger charge is -2.26. The van der Waals surface area contributed by atoms with Crippen LogP contribution in [-0.2, 0) is 12.1 Å². The molecule has 0 aliphatic rings. The number of halogens is 3. The summed E-state index contributed by atoms with van der Waals surface area (Å²) >= 11 is 0. The van der Waals surface area contributed by atoms with Gasteiger partial charge in [-0.25, -0.2) is 9.67 Å². The molecule has 162 valence electrons. The van der Waals surface area contributed by atoms with Crippen LogP contribution in [-0.4, -0.2) is 31.3 Å². The van der Waals surface area contributed by atoms with E-state index in [1.807, 2.05) is 42.5 Å². The topological polar surface area (TPSA) is 87.6 Å². The van der Waals surface area contributed by atoms with Crippen molar-refractivity contribution in [3.8, 4) is 17.2 Å². The number of nitrogens with zero attached hydrogens (tertiary/aromatic N) is 5. The molecule has 0 aliphatic heterocycles. The van der Waals surface area contributed by atoms with Crippen LogP contribution in [0.25, 0.3) is 22.0 Å². The molecule has 0 aliphatic carbocycles. The fourth-order valence-corrected chi connectivity index (χ4v) is 3.57. The summed E-state index contributed by atoms with van der Waals surface area (Å²) in [6.07, 6.45) is -4.35. The predicted molar refractivity (Wildman–Crippen MR) is 111 cm³/mol. The van der Waals surface area contributed by atoms with E-state index in [0.29, 0.717) is 11.1 Å². The Morgan fingerprint density at radius 3 is 2.50 bits per heavy atom. The van der Waals surface area contributed by atoms with Crippen molar-refractivity contribution >= 4 is 10.9 Å². The molecule has 1 N–H and O–H groups in total. The lowest BCUT2D eigenvalue weighted by Crippen LogP contribution is -2.42. The highest BCUT2D eigenvalue weighted by atomic mass is 19.4. The van der Waals surface area contributed by atoms with Gasteiger partial charge >= 0.3 is 6.18 Å². The Hall–Kier alpha value is -3.77. The van der Waals surface area contributed by atoms with Crippen molar-refractivity contribution in [1.29, 1.82) is 5.26 Å². The Balaban J connectivity index is 1.70. The first kappa shape index (κ1) is 21.5. The third-order valence-corrected chi connectivity index (χ3v) is 5.36. The lowest BCUT2D eigenvalue weighted by atomic mass is 9.96. The van der Waals surface area contributed by atoms with Crippen LogP contribution >= 0.6 is 0 Å². The van der Waals surface area contributed by atoms with Crippen LogP contribution in [0.15, 0.2) is 60.8 Å². The predicted octanol–water partition coefficient (Wildman–Crippen LogP) is 4.57. The van der Waals surface area contributed by atoms with Gasteiger partial charge in [-0.05, 0) is 35.2 Å². The molecule has 0 saturated heterocycles. The first-order valence-electron chi connectivity index (χ1n) is 9.84. The van der Waals surface area contributed by atoms with E-state index in [4.69, 9.17) is 0 Å². The van der Waals surface area contributed by atoms with Crippen LogP contribution in [0.3, 0.4) is 0 Å². The molecule has 4 rings (SSSR count). The Morgan fingerprint density at radius 2 is 1.84 bits per heavy atom. The Kier molecular flexibility index (Phi) is 5.40. The molecular formula is C23H18F3N5O. The van der Waals surface area contributed by atoms with Crippen molar-refractivity contribution < 1.29 is 18.3 Å². The minimum atomic E-state index is -4.86. The Morgan fingerprint density at radius 1 is 1.09 bits per heavy atom. The third kappa shape index (κ3) is 3.81. The Labute approximate surface area is 181 Å². The summed E-state index contributed by atoms with van der Waals surface area (Å²) in [6.45, 7) is 1.36. The zero-order valence-corrected chi connectivity index (χ0v) is 17.0. The third-order valence-electron chi connectivity index (χ3n) is 5.36. The number of hydrogen-bond acceptors (Lipinski definition) is 5. The molecular weight excluding hydrogens is 419 g/mol. The average Bonchev–Trinajstić information content (AvgIpc) is 3.26. The number of fused-ring (bicyclic) bond motifs is 1. The average molecular weight is 437 g/mol. The van der Waals surface area contributed by atoms with Crippen molar-refractivity contribution in [3.05, 3.63) is 77.7 Å². The quantitative estimate of drug-likeness (QED) is 0.494. The fourth-order valence-electron chi connectivity index (χ4n) is 3.57. The van der Waals surface area contributed by atoms with Crippen LogP contribution in [0, 0.1) is 11.3 Å². The molecule has 4 aromatic rings. The summed E-state index contributed by atoms with van der Waals surface area (Å²) in [5.41, 5.74) is -0.249. The number of aliphatic hydroxyl groups is 1. The summed E-state index contributed by atoms with van der Waals surface area (Å²) < 4.78 is 41.1. The van der Waals surface area contributed by atoms with Gasteiger partial charge in [0.15, 0.2) is 0 Å². The standard InChI is InChI=1S/C23H18F3N5O/c1-2-22(32,23(24,25)26)21-14-31(30-29-21)13-15-8-9-18-19(16-6-4-3-5-7-16)11-17(12-27)28-20(18)10-15/h3-11,14,32H,2,13H2,1H3/t22-/m0/s1. The normalized spacial score (nSPS) is 13.6. The molecule has 0 bridgehead atoms. The van der Waals surface area contributed by atoms with Gasteiger partial charge in [0.05, 0.1) is 18.3 Å². The van der Waals surface area contributed by atoms with Crippen molar-refractivity contribution in [1.82, 2.24) is 20.0 Å². The van der Waals surface area contributed by atoms with E-state index in [1.54, 1.807) is 12.1 Å². The summed E-state index contributed by atoms with van der Waals surface area (Å²) in [5, 5.41) is 27.6. The van der Waals surface area contributed by atoms with Crippen molar-refractivity contribution in [2.24, 2.45) is 0 Å². The minimum absolute atomic E-state index is 0.125. The van der Waals surface area contributed by atoms with Crippen molar-refractivity contribution in [2.75, 3.05) is 0 Å². The van der Waals surface area contributed by atoms with Crippen molar-refractivity contribution in [3.63, 3.8) is 0 Å². The second kappa shape index (κ2) is 8.05. The second-order valence-electron chi connectivity index (χ2n) is 7.40. The van der Waals surface area contributed by atoms with E-state index in [9.17, 15) is 23.5 Å². The Bertz CT molecular complexity index is 1310. The monoisotopic (exact) mass is 437 g/mol. The highest BCUT2D eigenvalue weighted by Crippen LogP contribution is 2.40. The van der Waals surface area contributed by atoms with E-state index in [2.05, 4.69) is 21.4 Å². The van der Waals surface area contributed by atoms with E-state index < -0.39 is 23.9 Å². The summed E-state index contributed by atoms with van der Waals surface area (Å²) in [4.78, 5) is 4.38. The first-order chi connectivity index (χ1) is 15.2. The smallest absolute Gasteiger partial charge is 0.375 e. The van der Waals surface area contributed by atoms with Gasteiger partial charge in [-0.1, -0.05) is 54.6 Å². The number of aromatic nitrogens is 4. The molecule has 0 fully saturated rings. The van der Waals surface area contributed by atoms with Gasteiger partial charge in [0.25, 0.3) is 0 Å². The molecule has 9 heteroatoms.